The molecule has 0 rings (SSSR count). The lowest BCUT2D eigenvalue weighted by molar-refractivity contribution is 0.536. The molecular weight excluding hydrogens is 496 g/mol. The molecule has 0 aliphatic heterocycles. The number of hydrogen-bond acceptors (Lipinski definition) is 2. The predicted octanol–water partition coefficient (Wildman–Crippen LogP) is 12.6. The second-order valence-corrected chi connectivity index (χ2v) is 12.7. The van der Waals surface area contributed by atoms with Crippen molar-refractivity contribution in [2.24, 2.45) is 0 Å². The van der Waals surface area contributed by atoms with E-state index in [0.29, 0.717) is 0 Å². The van der Waals surface area contributed by atoms with Crippen LogP contribution in [0.3, 0.4) is 0 Å². The summed E-state index contributed by atoms with van der Waals surface area (Å²) in [4.78, 5) is 0. The van der Waals surface area contributed by atoms with Gasteiger partial charge in [0.2, 0.25) is 0 Å². The third kappa shape index (κ3) is 39.4. The van der Waals surface area contributed by atoms with Gasteiger partial charge in [-0.1, -0.05) is 154 Å². The molecule has 0 aromatic carbocycles. The average molecular weight is 575 g/mol. The number of allylic oxidation sites excluding steroid dienone is 4. The number of hydrogen-bond donors (Lipinski definition) is 2. The molecule has 0 aromatic rings. The molecule has 0 saturated heterocycles. The average Bonchev–Trinajstić information content (AvgIpc) is 2.98. The summed E-state index contributed by atoms with van der Waals surface area (Å²) in [5.74, 6) is 0. The number of nitrogens with one attached hydrogen (secondary N) is 2. The van der Waals surface area contributed by atoms with Gasteiger partial charge in [-0.2, -0.15) is 0 Å². The van der Waals surface area contributed by atoms with Crippen LogP contribution in [0.1, 0.15) is 200 Å². The molecule has 2 nitrogen and oxygen atoms in total. The van der Waals surface area contributed by atoms with Crippen LogP contribution in [0.5, 0.6) is 0 Å². The highest BCUT2D eigenvalue weighted by Crippen LogP contribution is 2.11. The van der Waals surface area contributed by atoms with Crippen molar-refractivity contribution in [1.29, 1.82) is 0 Å². The fourth-order valence-corrected chi connectivity index (χ4v) is 5.58. The molecule has 0 fully saturated rings. The summed E-state index contributed by atoms with van der Waals surface area (Å²) in [6.07, 6.45) is 49.9. The molecular formula is C39H78N2. The van der Waals surface area contributed by atoms with Crippen molar-refractivity contribution in [3.05, 3.63) is 24.3 Å². The van der Waals surface area contributed by atoms with Gasteiger partial charge in [0.25, 0.3) is 0 Å². The minimum atomic E-state index is 1.17. The maximum atomic E-state index is 3.64. The van der Waals surface area contributed by atoms with Crippen LogP contribution in [0, 0.1) is 0 Å². The molecule has 0 aliphatic rings. The van der Waals surface area contributed by atoms with Crippen molar-refractivity contribution in [3.8, 4) is 0 Å². The molecule has 0 heterocycles. The van der Waals surface area contributed by atoms with Gasteiger partial charge in [-0.05, 0) is 96.8 Å². The zero-order valence-electron chi connectivity index (χ0n) is 28.6. The lowest BCUT2D eigenvalue weighted by Gasteiger charge is -2.07. The minimum Gasteiger partial charge on any atom is -0.317 e. The van der Waals surface area contributed by atoms with Gasteiger partial charge in [0.05, 0.1) is 0 Å². The monoisotopic (exact) mass is 575 g/mol. The molecule has 0 spiro atoms. The molecule has 0 saturated carbocycles. The zero-order chi connectivity index (χ0) is 29.6. The van der Waals surface area contributed by atoms with Gasteiger partial charge in [0.1, 0.15) is 0 Å². The van der Waals surface area contributed by atoms with E-state index in [0.717, 1.165) is 0 Å². The fraction of sp³-hybridized carbons (Fsp3) is 0.897. The molecule has 0 aromatic heterocycles. The first-order valence-electron chi connectivity index (χ1n) is 19.1. The molecule has 0 unspecified atom stereocenters. The maximum absolute atomic E-state index is 3.64. The van der Waals surface area contributed by atoms with Crippen molar-refractivity contribution in [2.75, 3.05) is 26.2 Å². The van der Waals surface area contributed by atoms with E-state index in [1.54, 1.807) is 0 Å². The number of rotatable bonds is 36. The van der Waals surface area contributed by atoms with E-state index in [9.17, 15) is 0 Å². The van der Waals surface area contributed by atoms with Gasteiger partial charge in [-0.25, -0.2) is 0 Å². The molecule has 2 heteroatoms. The van der Waals surface area contributed by atoms with Gasteiger partial charge in [-0.15, -0.1) is 0 Å². The quantitative estimate of drug-likeness (QED) is 0.0574. The van der Waals surface area contributed by atoms with E-state index in [2.05, 4.69) is 48.8 Å². The third-order valence-electron chi connectivity index (χ3n) is 8.44. The normalized spacial score (nSPS) is 12.0. The lowest BCUT2D eigenvalue weighted by Crippen LogP contribution is -2.23. The standard InChI is InChI=1S/C39H78N2/c1-3-5-7-9-11-13-15-17-19-21-23-25-27-29-31-33-36-40-38-35-39-41-37-34-32-30-28-26-24-22-20-18-16-14-12-10-8-6-4-2/h17-20,40-41H,3-16,21-39H2,1-2H3/b19-17-,20-18-. The third-order valence-corrected chi connectivity index (χ3v) is 8.44. The Hall–Kier alpha value is -0.600. The van der Waals surface area contributed by atoms with Crippen molar-refractivity contribution < 1.29 is 0 Å². The van der Waals surface area contributed by atoms with Crippen LogP contribution in [0.4, 0.5) is 0 Å². The summed E-state index contributed by atoms with van der Waals surface area (Å²) < 4.78 is 0. The highest BCUT2D eigenvalue weighted by atomic mass is 14.9. The Labute approximate surface area is 260 Å². The first kappa shape index (κ1) is 40.4. The molecule has 0 amide bonds. The highest BCUT2D eigenvalue weighted by molar-refractivity contribution is 4.82. The van der Waals surface area contributed by atoms with Gasteiger partial charge < -0.3 is 10.6 Å². The summed E-state index contributed by atoms with van der Waals surface area (Å²) in [6, 6.07) is 0. The second kappa shape index (κ2) is 39.4. The Morgan fingerprint density at radius 3 is 0.829 bits per heavy atom. The summed E-state index contributed by atoms with van der Waals surface area (Å²) in [5, 5.41) is 7.28. The molecule has 0 atom stereocenters. The smallest absolute Gasteiger partial charge is 0.00368 e. The first-order chi connectivity index (χ1) is 20.4. The highest BCUT2D eigenvalue weighted by Gasteiger charge is 1.95. The summed E-state index contributed by atoms with van der Waals surface area (Å²) in [5.41, 5.74) is 0. The van der Waals surface area contributed by atoms with Crippen molar-refractivity contribution >= 4 is 0 Å². The van der Waals surface area contributed by atoms with Gasteiger partial charge in [-0.3, -0.25) is 0 Å². The molecule has 0 aliphatic carbocycles. The van der Waals surface area contributed by atoms with Crippen LogP contribution in [0.15, 0.2) is 24.3 Å². The van der Waals surface area contributed by atoms with Crippen LogP contribution in [-0.2, 0) is 0 Å². The Bertz CT molecular complexity index is 454. The Morgan fingerprint density at radius 2 is 0.512 bits per heavy atom. The zero-order valence-corrected chi connectivity index (χ0v) is 28.6. The molecule has 244 valence electrons. The Balaban J connectivity index is 3.09. The minimum absolute atomic E-state index is 1.17. The molecule has 2 N–H and O–H groups in total. The van der Waals surface area contributed by atoms with Crippen LogP contribution in [-0.4, -0.2) is 26.2 Å². The molecule has 41 heavy (non-hydrogen) atoms. The van der Waals surface area contributed by atoms with Crippen LogP contribution < -0.4 is 10.6 Å². The topological polar surface area (TPSA) is 24.1 Å². The van der Waals surface area contributed by atoms with Gasteiger partial charge in [0.15, 0.2) is 0 Å². The Kier molecular flexibility index (Phi) is 38.8. The predicted molar refractivity (Wildman–Crippen MR) is 189 cm³/mol. The van der Waals surface area contributed by atoms with Crippen LogP contribution in [0.2, 0.25) is 0 Å². The van der Waals surface area contributed by atoms with Gasteiger partial charge >= 0.3 is 0 Å². The number of unbranched alkanes of at least 4 members (excludes halogenated alkanes) is 24. The van der Waals surface area contributed by atoms with E-state index in [-0.39, 0.29) is 0 Å². The molecule has 0 radical (unpaired) electrons. The maximum Gasteiger partial charge on any atom is -0.00368 e. The Morgan fingerprint density at radius 1 is 0.268 bits per heavy atom. The first-order valence-corrected chi connectivity index (χ1v) is 19.1. The fourth-order valence-electron chi connectivity index (χ4n) is 5.58. The molecule has 0 bridgehead atoms. The van der Waals surface area contributed by atoms with E-state index in [4.69, 9.17) is 0 Å². The van der Waals surface area contributed by atoms with Crippen molar-refractivity contribution in [3.63, 3.8) is 0 Å². The van der Waals surface area contributed by atoms with E-state index >= 15 is 0 Å². The summed E-state index contributed by atoms with van der Waals surface area (Å²) in [7, 11) is 0. The van der Waals surface area contributed by atoms with Crippen molar-refractivity contribution in [1.82, 2.24) is 10.6 Å². The van der Waals surface area contributed by atoms with Crippen LogP contribution in [0.25, 0.3) is 0 Å². The van der Waals surface area contributed by atoms with Gasteiger partial charge in [0, 0.05) is 0 Å². The largest absolute Gasteiger partial charge is 0.317 e. The van der Waals surface area contributed by atoms with E-state index in [1.165, 1.54) is 212 Å². The summed E-state index contributed by atoms with van der Waals surface area (Å²) in [6.45, 7) is 9.34. The second-order valence-electron chi connectivity index (χ2n) is 12.7. The lowest BCUT2D eigenvalue weighted by atomic mass is 10.1. The van der Waals surface area contributed by atoms with E-state index < -0.39 is 0 Å². The van der Waals surface area contributed by atoms with Crippen LogP contribution >= 0.6 is 0 Å². The van der Waals surface area contributed by atoms with Crippen molar-refractivity contribution in [2.45, 2.75) is 200 Å². The van der Waals surface area contributed by atoms with E-state index in [1.807, 2.05) is 0 Å². The summed E-state index contributed by atoms with van der Waals surface area (Å²) >= 11 is 0. The SMILES string of the molecule is CCCCCCCC/C=C\CCCCCCCCNCCCNCCCCCCCC/C=C\CCCCCCCC.